The fraction of sp³-hybridized carbons (Fsp3) is 0.889. The molecule has 0 saturated heterocycles. The van der Waals surface area contributed by atoms with Gasteiger partial charge in [-0.15, -0.1) is 0 Å². The zero-order chi connectivity index (χ0) is 14.6. The van der Waals surface area contributed by atoms with E-state index in [0.29, 0.717) is 0 Å². The highest BCUT2D eigenvalue weighted by Gasteiger charge is 2.50. The summed E-state index contributed by atoms with van der Waals surface area (Å²) in [6.45, 7) is 7.46. The van der Waals surface area contributed by atoms with E-state index in [1.165, 1.54) is 13.8 Å². The van der Waals surface area contributed by atoms with Crippen LogP contribution >= 0.6 is 7.60 Å². The van der Waals surface area contributed by atoms with Gasteiger partial charge in [0.25, 0.3) is 0 Å². The molecular weight excluding hydrogens is 286 g/mol. The third kappa shape index (κ3) is 5.64. The van der Waals surface area contributed by atoms with Gasteiger partial charge >= 0.3 is 13.8 Å². The summed E-state index contributed by atoms with van der Waals surface area (Å²) in [7, 11) is -6.85. The SMILES string of the molecule is CCOP(=O)(OCC)/C(=N/[Si](C)(C)C)C(F)(F)F. The Kier molecular flexibility index (Phi) is 6.26. The predicted octanol–water partition coefficient (Wildman–Crippen LogP) is 4.05. The lowest BCUT2D eigenvalue weighted by Gasteiger charge is -2.23. The Morgan fingerprint density at radius 2 is 1.56 bits per heavy atom. The standard InChI is InChI=1S/C9H19F3NO3PSi/c1-6-15-17(14,16-7-2)8(9(10,11)12)13-18(3,4)5/h6-7H2,1-5H3/b13-8+. The molecule has 0 atom stereocenters. The van der Waals surface area contributed by atoms with Crippen LogP contribution in [0, 0.1) is 0 Å². The predicted molar refractivity (Wildman–Crippen MR) is 67.7 cm³/mol. The lowest BCUT2D eigenvalue weighted by Crippen LogP contribution is -2.30. The summed E-state index contributed by atoms with van der Waals surface area (Å²) < 4.78 is 64.0. The summed E-state index contributed by atoms with van der Waals surface area (Å²) in [5, 5.41) is 0. The molecule has 0 aromatic carbocycles. The Labute approximate surface area is 106 Å². The number of hydrogen-bond donors (Lipinski definition) is 0. The molecule has 0 spiro atoms. The van der Waals surface area contributed by atoms with Crippen molar-refractivity contribution in [3.8, 4) is 0 Å². The third-order valence-corrected chi connectivity index (χ3v) is 4.70. The van der Waals surface area contributed by atoms with E-state index in [1.54, 1.807) is 19.6 Å². The molecule has 108 valence electrons. The Balaban J connectivity index is 5.69. The largest absolute Gasteiger partial charge is 0.440 e. The molecule has 9 heteroatoms. The summed E-state index contributed by atoms with van der Waals surface area (Å²) in [6, 6.07) is 0. The number of alkyl halides is 3. The first-order valence-corrected chi connectivity index (χ1v) is 10.5. The zero-order valence-corrected chi connectivity index (χ0v) is 13.1. The highest BCUT2D eigenvalue weighted by molar-refractivity contribution is 7.72. The van der Waals surface area contributed by atoms with Crippen LogP contribution in [-0.4, -0.2) is 33.1 Å². The van der Waals surface area contributed by atoms with Gasteiger partial charge in [0, 0.05) is 0 Å². The molecule has 0 heterocycles. The molecule has 0 bridgehead atoms. The van der Waals surface area contributed by atoms with Crippen molar-refractivity contribution in [3.05, 3.63) is 0 Å². The normalized spacial score (nSPS) is 15.0. The smallest absolute Gasteiger partial charge is 0.311 e. The Morgan fingerprint density at radius 1 is 1.17 bits per heavy atom. The molecule has 0 amide bonds. The van der Waals surface area contributed by atoms with E-state index in [2.05, 4.69) is 4.66 Å². The quantitative estimate of drug-likeness (QED) is 0.422. The maximum atomic E-state index is 13.0. The first-order valence-electron chi connectivity index (χ1n) is 5.53. The van der Waals surface area contributed by atoms with Crippen molar-refractivity contribution in [2.75, 3.05) is 13.2 Å². The van der Waals surface area contributed by atoms with Gasteiger partial charge in [0.1, 0.15) is 0 Å². The molecule has 0 fully saturated rings. The maximum Gasteiger partial charge on any atom is 0.440 e. The highest BCUT2D eigenvalue weighted by Crippen LogP contribution is 2.54. The summed E-state index contributed by atoms with van der Waals surface area (Å²) in [5.74, 6) is 0. The van der Waals surface area contributed by atoms with Crippen LogP contribution in [0.4, 0.5) is 13.2 Å². The minimum absolute atomic E-state index is 0.141. The molecule has 0 aliphatic carbocycles. The molecule has 18 heavy (non-hydrogen) atoms. The van der Waals surface area contributed by atoms with Crippen LogP contribution in [0.2, 0.25) is 19.6 Å². The molecule has 0 aliphatic rings. The monoisotopic (exact) mass is 305 g/mol. The van der Waals surface area contributed by atoms with Crippen LogP contribution in [0.5, 0.6) is 0 Å². The van der Waals surface area contributed by atoms with Crippen molar-refractivity contribution in [3.63, 3.8) is 0 Å². The molecule has 0 rings (SSSR count). The summed E-state index contributed by atoms with van der Waals surface area (Å²) in [5.41, 5.74) is -1.42. The number of hydrogen-bond acceptors (Lipinski definition) is 4. The van der Waals surface area contributed by atoms with Gasteiger partial charge in [-0.1, -0.05) is 0 Å². The van der Waals surface area contributed by atoms with E-state index in [-0.39, 0.29) is 13.2 Å². The molecular formula is C9H19F3NO3PSi. The summed E-state index contributed by atoms with van der Waals surface area (Å²) >= 11 is 0. The number of nitrogens with zero attached hydrogens (tertiary/aromatic N) is 1. The van der Waals surface area contributed by atoms with Crippen LogP contribution < -0.4 is 0 Å². The van der Waals surface area contributed by atoms with E-state index in [4.69, 9.17) is 9.05 Å². The van der Waals surface area contributed by atoms with Crippen LogP contribution in [0.25, 0.3) is 0 Å². The molecule has 0 aliphatic heterocycles. The first-order chi connectivity index (χ1) is 7.96. The van der Waals surface area contributed by atoms with E-state index < -0.39 is 27.5 Å². The van der Waals surface area contributed by atoms with Gasteiger partial charge in [-0.3, -0.25) is 4.57 Å². The Morgan fingerprint density at radius 3 is 1.78 bits per heavy atom. The van der Waals surface area contributed by atoms with Gasteiger partial charge < -0.3 is 13.7 Å². The fourth-order valence-corrected chi connectivity index (χ4v) is 4.56. The minimum atomic E-state index is -4.82. The summed E-state index contributed by atoms with van der Waals surface area (Å²) in [6.07, 6.45) is -4.82. The molecule has 4 nitrogen and oxygen atoms in total. The molecule has 0 saturated carbocycles. The second-order valence-corrected chi connectivity index (χ2v) is 10.9. The lowest BCUT2D eigenvalue weighted by molar-refractivity contribution is -0.0571. The van der Waals surface area contributed by atoms with E-state index in [0.717, 1.165) is 0 Å². The minimum Gasteiger partial charge on any atom is -0.311 e. The van der Waals surface area contributed by atoms with Gasteiger partial charge in [0.15, 0.2) is 8.24 Å². The van der Waals surface area contributed by atoms with Gasteiger partial charge in [-0.2, -0.15) is 13.2 Å². The van der Waals surface area contributed by atoms with Crippen LogP contribution in [0.15, 0.2) is 4.66 Å². The van der Waals surface area contributed by atoms with Gasteiger partial charge in [-0.05, 0) is 33.5 Å². The average molecular weight is 305 g/mol. The van der Waals surface area contributed by atoms with Gasteiger partial charge in [-0.25, -0.2) is 0 Å². The van der Waals surface area contributed by atoms with E-state index in [9.17, 15) is 17.7 Å². The number of rotatable bonds is 6. The topological polar surface area (TPSA) is 47.9 Å². The van der Waals surface area contributed by atoms with Crippen molar-refractivity contribution in [2.45, 2.75) is 39.7 Å². The van der Waals surface area contributed by atoms with E-state index >= 15 is 0 Å². The van der Waals surface area contributed by atoms with Crippen LogP contribution in [0.1, 0.15) is 13.8 Å². The number of halogens is 3. The summed E-state index contributed by atoms with van der Waals surface area (Å²) in [4.78, 5) is 0. The van der Waals surface area contributed by atoms with Crippen molar-refractivity contribution in [1.29, 1.82) is 0 Å². The Bertz CT molecular complexity index is 342. The van der Waals surface area contributed by atoms with Gasteiger partial charge in [0.05, 0.1) is 13.2 Å². The zero-order valence-electron chi connectivity index (χ0n) is 11.2. The maximum absolute atomic E-state index is 13.0. The van der Waals surface area contributed by atoms with Crippen LogP contribution in [-0.2, 0) is 13.6 Å². The molecule has 0 aromatic heterocycles. The van der Waals surface area contributed by atoms with Crippen molar-refractivity contribution in [1.82, 2.24) is 0 Å². The van der Waals surface area contributed by atoms with Crippen molar-refractivity contribution < 1.29 is 26.8 Å². The lowest BCUT2D eigenvalue weighted by atomic mass is 10.7. The van der Waals surface area contributed by atoms with Gasteiger partial charge in [0.2, 0.25) is 5.45 Å². The second kappa shape index (κ2) is 6.32. The fourth-order valence-electron chi connectivity index (χ4n) is 1.10. The molecule has 0 aromatic rings. The molecule has 0 N–H and O–H groups in total. The Hall–Kier alpha value is -0.173. The van der Waals surface area contributed by atoms with Crippen LogP contribution in [0.3, 0.4) is 0 Å². The molecule has 0 radical (unpaired) electrons. The van der Waals surface area contributed by atoms with Crippen molar-refractivity contribution in [2.24, 2.45) is 4.66 Å². The second-order valence-electron chi connectivity index (χ2n) is 4.44. The highest BCUT2D eigenvalue weighted by atomic mass is 31.2. The molecule has 0 unspecified atom stereocenters. The average Bonchev–Trinajstić information content (AvgIpc) is 2.12. The third-order valence-electron chi connectivity index (χ3n) is 1.55. The first kappa shape index (κ1) is 17.8. The van der Waals surface area contributed by atoms with Crippen molar-refractivity contribution >= 4 is 21.3 Å². The van der Waals surface area contributed by atoms with E-state index in [1.807, 2.05) is 0 Å².